The predicted molar refractivity (Wildman–Crippen MR) is 112 cm³/mol. The van der Waals surface area contributed by atoms with E-state index in [1.165, 1.54) is 0 Å². The topological polar surface area (TPSA) is 68.3 Å². The highest BCUT2D eigenvalue weighted by molar-refractivity contribution is 7.12. The van der Waals surface area contributed by atoms with E-state index < -0.39 is 0 Å². The van der Waals surface area contributed by atoms with Crippen molar-refractivity contribution in [3.05, 3.63) is 57.9 Å². The highest BCUT2D eigenvalue weighted by atomic mass is 32.1. The van der Waals surface area contributed by atoms with Gasteiger partial charge in [-0.1, -0.05) is 18.2 Å². The molecule has 1 aromatic carbocycles. The molecule has 0 bridgehead atoms. The van der Waals surface area contributed by atoms with Crippen LogP contribution < -0.4 is 10.1 Å². The number of thiophene rings is 1. The molecule has 0 aliphatic heterocycles. The fraction of sp³-hybridized carbons (Fsp3) is 0.318. The van der Waals surface area contributed by atoms with Gasteiger partial charge < -0.3 is 10.1 Å². The van der Waals surface area contributed by atoms with Crippen molar-refractivity contribution >= 4 is 33.9 Å². The maximum Gasteiger partial charge on any atom is 0.220 e. The first-order chi connectivity index (χ1) is 13.5. The molecule has 0 saturated heterocycles. The molecule has 0 unspecified atom stereocenters. The van der Waals surface area contributed by atoms with Gasteiger partial charge in [-0.15, -0.1) is 11.3 Å². The molecule has 0 spiro atoms. The first kappa shape index (κ1) is 20.0. The van der Waals surface area contributed by atoms with Crippen LogP contribution in [0.5, 0.6) is 5.75 Å². The number of amides is 1. The number of Topliss-reactive ketones (excluding diaryl/α,β-unsaturated/α-hetero) is 1. The van der Waals surface area contributed by atoms with Gasteiger partial charge in [0, 0.05) is 46.3 Å². The third-order valence-electron chi connectivity index (χ3n) is 4.42. The lowest BCUT2D eigenvalue weighted by Gasteiger charge is -2.09. The number of aryl methyl sites for hydroxylation is 2. The van der Waals surface area contributed by atoms with Crippen molar-refractivity contribution in [2.24, 2.45) is 0 Å². The zero-order valence-corrected chi connectivity index (χ0v) is 17.0. The molecule has 28 heavy (non-hydrogen) atoms. The Labute approximate surface area is 168 Å². The van der Waals surface area contributed by atoms with Crippen molar-refractivity contribution in [3.63, 3.8) is 0 Å². The van der Waals surface area contributed by atoms with E-state index in [0.29, 0.717) is 19.6 Å². The van der Waals surface area contributed by atoms with Crippen LogP contribution >= 0.6 is 11.3 Å². The van der Waals surface area contributed by atoms with Crippen LogP contribution in [0.4, 0.5) is 0 Å². The van der Waals surface area contributed by atoms with Gasteiger partial charge in [-0.3, -0.25) is 14.6 Å². The quantitative estimate of drug-likeness (QED) is 0.428. The molecule has 3 rings (SSSR count). The molecule has 0 aliphatic carbocycles. The standard InChI is InChI=1S/C22H24N2O3S/c1-15-14-18(16(2)28-15)19(25)9-10-21(26)23-12-5-13-27-20-8-3-6-17-7-4-11-24-22(17)20/h3-4,6-8,11,14H,5,9-10,12-13H2,1-2H3,(H,23,26). The van der Waals surface area contributed by atoms with Gasteiger partial charge >= 0.3 is 0 Å². The Morgan fingerprint density at radius 1 is 1.14 bits per heavy atom. The minimum atomic E-state index is -0.107. The third-order valence-corrected chi connectivity index (χ3v) is 5.38. The average Bonchev–Trinajstić information content (AvgIpc) is 3.04. The van der Waals surface area contributed by atoms with E-state index in [4.69, 9.17) is 4.74 Å². The van der Waals surface area contributed by atoms with E-state index >= 15 is 0 Å². The molecule has 1 amide bonds. The molecular weight excluding hydrogens is 372 g/mol. The maximum atomic E-state index is 12.2. The number of para-hydroxylation sites is 1. The number of nitrogens with zero attached hydrogens (tertiary/aromatic N) is 1. The Morgan fingerprint density at radius 3 is 2.75 bits per heavy atom. The van der Waals surface area contributed by atoms with Gasteiger partial charge in [0.25, 0.3) is 0 Å². The molecule has 2 heterocycles. The number of carbonyl (C=O) groups excluding carboxylic acids is 2. The maximum absolute atomic E-state index is 12.2. The minimum Gasteiger partial charge on any atom is -0.491 e. The van der Waals surface area contributed by atoms with Crippen molar-refractivity contribution in [2.45, 2.75) is 33.1 Å². The van der Waals surface area contributed by atoms with Crippen LogP contribution in [0.15, 0.2) is 42.6 Å². The van der Waals surface area contributed by atoms with E-state index in [-0.39, 0.29) is 24.5 Å². The molecule has 0 fully saturated rings. The molecule has 1 N–H and O–H groups in total. The molecule has 0 saturated carbocycles. The second-order valence-corrected chi connectivity index (χ2v) is 8.09. The Balaban J connectivity index is 1.36. The second-order valence-electron chi connectivity index (χ2n) is 6.63. The van der Waals surface area contributed by atoms with E-state index in [9.17, 15) is 9.59 Å². The number of fused-ring (bicyclic) bond motifs is 1. The van der Waals surface area contributed by atoms with Gasteiger partial charge in [0.2, 0.25) is 5.91 Å². The van der Waals surface area contributed by atoms with Crippen molar-refractivity contribution in [3.8, 4) is 5.75 Å². The Bertz CT molecular complexity index is 976. The lowest BCUT2D eigenvalue weighted by molar-refractivity contribution is -0.121. The van der Waals surface area contributed by atoms with Crippen molar-refractivity contribution < 1.29 is 14.3 Å². The van der Waals surface area contributed by atoms with Gasteiger partial charge in [0.1, 0.15) is 11.3 Å². The van der Waals surface area contributed by atoms with Gasteiger partial charge in [-0.25, -0.2) is 0 Å². The smallest absolute Gasteiger partial charge is 0.220 e. The van der Waals surface area contributed by atoms with Crippen LogP contribution in [-0.4, -0.2) is 29.8 Å². The summed E-state index contributed by atoms with van der Waals surface area (Å²) < 4.78 is 5.81. The van der Waals surface area contributed by atoms with Crippen LogP contribution in [0.3, 0.4) is 0 Å². The van der Waals surface area contributed by atoms with Gasteiger partial charge in [-0.05, 0) is 38.5 Å². The number of benzene rings is 1. The average molecular weight is 397 g/mol. The largest absolute Gasteiger partial charge is 0.491 e. The third kappa shape index (κ3) is 5.16. The number of pyridine rings is 1. The summed E-state index contributed by atoms with van der Waals surface area (Å²) in [6, 6.07) is 11.6. The fourth-order valence-electron chi connectivity index (χ4n) is 3.03. The van der Waals surface area contributed by atoms with Gasteiger partial charge in [-0.2, -0.15) is 0 Å². The number of ether oxygens (including phenoxy) is 1. The fourth-order valence-corrected chi connectivity index (χ4v) is 3.98. The van der Waals surface area contributed by atoms with E-state index in [1.807, 2.05) is 50.2 Å². The van der Waals surface area contributed by atoms with Gasteiger partial charge in [0.05, 0.1) is 6.61 Å². The zero-order valence-electron chi connectivity index (χ0n) is 16.2. The highest BCUT2D eigenvalue weighted by Crippen LogP contribution is 2.23. The summed E-state index contributed by atoms with van der Waals surface area (Å²) in [5, 5.41) is 3.88. The minimum absolute atomic E-state index is 0.0313. The van der Waals surface area contributed by atoms with Crippen molar-refractivity contribution in [1.82, 2.24) is 10.3 Å². The van der Waals surface area contributed by atoms with Crippen LogP contribution in [0.25, 0.3) is 10.9 Å². The molecule has 3 aromatic rings. The zero-order chi connectivity index (χ0) is 19.9. The predicted octanol–water partition coefficient (Wildman–Crippen LogP) is 4.46. The van der Waals surface area contributed by atoms with Crippen LogP contribution in [0.2, 0.25) is 0 Å². The van der Waals surface area contributed by atoms with Crippen LogP contribution in [0.1, 0.15) is 39.4 Å². The number of hydrogen-bond acceptors (Lipinski definition) is 5. The summed E-state index contributed by atoms with van der Waals surface area (Å²) in [4.78, 5) is 30.7. The van der Waals surface area contributed by atoms with Gasteiger partial charge in [0.15, 0.2) is 5.78 Å². The highest BCUT2D eigenvalue weighted by Gasteiger charge is 2.13. The molecular formula is C22H24N2O3S. The summed E-state index contributed by atoms with van der Waals surface area (Å²) in [6.45, 7) is 4.93. The number of rotatable bonds is 9. The molecule has 6 heteroatoms. The molecule has 5 nitrogen and oxygen atoms in total. The Morgan fingerprint density at radius 2 is 1.96 bits per heavy atom. The lowest BCUT2D eigenvalue weighted by atomic mass is 10.1. The number of carbonyl (C=O) groups is 2. The molecule has 2 aromatic heterocycles. The summed E-state index contributed by atoms with van der Waals surface area (Å²) in [6.07, 6.45) is 2.88. The van der Waals surface area contributed by atoms with Crippen LogP contribution in [-0.2, 0) is 4.79 Å². The van der Waals surface area contributed by atoms with E-state index in [0.717, 1.165) is 32.0 Å². The monoisotopic (exact) mass is 396 g/mol. The Kier molecular flexibility index (Phi) is 6.76. The number of nitrogens with one attached hydrogen (secondary N) is 1. The molecule has 0 aliphatic rings. The number of aromatic nitrogens is 1. The molecule has 146 valence electrons. The lowest BCUT2D eigenvalue weighted by Crippen LogP contribution is -2.26. The second kappa shape index (κ2) is 9.46. The normalized spacial score (nSPS) is 10.8. The number of ketones is 1. The summed E-state index contributed by atoms with van der Waals surface area (Å²) >= 11 is 1.61. The van der Waals surface area contributed by atoms with E-state index in [1.54, 1.807) is 17.5 Å². The SMILES string of the molecule is Cc1cc(C(=O)CCC(=O)NCCCOc2cccc3cccnc23)c(C)s1. The van der Waals surface area contributed by atoms with Crippen molar-refractivity contribution in [1.29, 1.82) is 0 Å². The van der Waals surface area contributed by atoms with Crippen molar-refractivity contribution in [2.75, 3.05) is 13.2 Å². The van der Waals surface area contributed by atoms with Crippen LogP contribution in [0, 0.1) is 13.8 Å². The molecule has 0 atom stereocenters. The summed E-state index contributed by atoms with van der Waals surface area (Å²) in [5.74, 6) is 0.671. The molecule has 0 radical (unpaired) electrons. The van der Waals surface area contributed by atoms with E-state index in [2.05, 4.69) is 10.3 Å². The first-order valence-electron chi connectivity index (χ1n) is 9.38. The summed E-state index contributed by atoms with van der Waals surface area (Å²) in [5.41, 5.74) is 1.58. The number of hydrogen-bond donors (Lipinski definition) is 1. The Hall–Kier alpha value is -2.73. The first-order valence-corrected chi connectivity index (χ1v) is 10.2. The summed E-state index contributed by atoms with van der Waals surface area (Å²) in [7, 11) is 0.